The average molecular weight is 253 g/mol. The number of nitrogens with zero attached hydrogens (tertiary/aromatic N) is 1. The Kier molecular flexibility index (Phi) is 3.51. The third-order valence-corrected chi connectivity index (χ3v) is 4.92. The highest BCUT2D eigenvalue weighted by molar-refractivity contribution is 7.10. The zero-order chi connectivity index (χ0) is 12.5. The Bertz CT molecular complexity index is 408. The minimum absolute atomic E-state index is 0.0452. The van der Waals surface area contributed by atoms with Crippen molar-refractivity contribution >= 4 is 17.2 Å². The molecule has 0 spiro atoms. The summed E-state index contributed by atoms with van der Waals surface area (Å²) in [7, 11) is 2.09. The molecule has 1 aliphatic rings. The first-order chi connectivity index (χ1) is 8.10. The summed E-state index contributed by atoms with van der Waals surface area (Å²) in [4.78, 5) is 15.6. The van der Waals surface area contributed by atoms with Crippen LogP contribution in [0.5, 0.6) is 0 Å². The second-order valence-corrected chi connectivity index (χ2v) is 5.71. The van der Waals surface area contributed by atoms with Crippen LogP contribution in [0.25, 0.3) is 0 Å². The number of hydrogen-bond donors (Lipinski definition) is 2. The Morgan fingerprint density at radius 2 is 2.18 bits per heavy atom. The highest BCUT2D eigenvalue weighted by atomic mass is 32.1. The Labute approximate surface area is 106 Å². The molecule has 0 bridgehead atoms. The molecule has 5 heteroatoms. The third kappa shape index (κ3) is 2.10. The maximum Gasteiger partial charge on any atom is 0.245 e. The van der Waals surface area contributed by atoms with Gasteiger partial charge in [-0.1, -0.05) is 0 Å². The molecule has 1 amide bonds. The number of nitrogens with two attached hydrogens (primary N) is 1. The van der Waals surface area contributed by atoms with E-state index in [4.69, 9.17) is 5.84 Å². The van der Waals surface area contributed by atoms with Gasteiger partial charge in [-0.15, -0.1) is 11.3 Å². The van der Waals surface area contributed by atoms with E-state index in [0.29, 0.717) is 0 Å². The first kappa shape index (κ1) is 12.5. The highest BCUT2D eigenvalue weighted by Crippen LogP contribution is 2.40. The zero-order valence-electron chi connectivity index (χ0n) is 10.3. The lowest BCUT2D eigenvalue weighted by molar-refractivity contribution is -0.128. The predicted octanol–water partition coefficient (Wildman–Crippen LogP) is 1.01. The molecule has 3 N–H and O–H groups in total. The van der Waals surface area contributed by atoms with E-state index in [1.54, 1.807) is 11.3 Å². The maximum atomic E-state index is 12.2. The van der Waals surface area contributed by atoms with Crippen LogP contribution in [-0.4, -0.2) is 30.9 Å². The van der Waals surface area contributed by atoms with Gasteiger partial charge < -0.3 is 4.90 Å². The topological polar surface area (TPSA) is 58.4 Å². The molecule has 1 aromatic rings. The summed E-state index contributed by atoms with van der Waals surface area (Å²) < 4.78 is 0. The number of piperidine rings is 1. The van der Waals surface area contributed by atoms with Crippen molar-refractivity contribution in [2.24, 2.45) is 5.84 Å². The van der Waals surface area contributed by atoms with E-state index in [-0.39, 0.29) is 5.91 Å². The van der Waals surface area contributed by atoms with Crippen molar-refractivity contribution in [2.45, 2.75) is 25.2 Å². The molecule has 0 aliphatic carbocycles. The van der Waals surface area contributed by atoms with Crippen molar-refractivity contribution in [3.63, 3.8) is 0 Å². The molecule has 1 aliphatic heterocycles. The van der Waals surface area contributed by atoms with Crippen molar-refractivity contribution in [3.05, 3.63) is 21.9 Å². The lowest BCUT2D eigenvalue weighted by atomic mass is 9.75. The Hall–Kier alpha value is -0.910. The van der Waals surface area contributed by atoms with Crippen molar-refractivity contribution in [1.29, 1.82) is 0 Å². The fourth-order valence-corrected chi connectivity index (χ4v) is 3.74. The zero-order valence-corrected chi connectivity index (χ0v) is 11.1. The number of nitrogens with one attached hydrogen (secondary N) is 1. The van der Waals surface area contributed by atoms with Gasteiger partial charge in [0.05, 0.1) is 5.41 Å². The molecule has 94 valence electrons. The average Bonchev–Trinajstić information content (AvgIpc) is 2.76. The first-order valence-electron chi connectivity index (χ1n) is 5.84. The highest BCUT2D eigenvalue weighted by Gasteiger charge is 2.43. The number of carbonyl (C=O) groups is 1. The second kappa shape index (κ2) is 4.76. The first-order valence-corrected chi connectivity index (χ1v) is 6.72. The second-order valence-electron chi connectivity index (χ2n) is 4.79. The monoisotopic (exact) mass is 253 g/mol. The molecule has 1 fully saturated rings. The van der Waals surface area contributed by atoms with E-state index in [0.717, 1.165) is 25.9 Å². The molecule has 2 heterocycles. The number of hydrazine groups is 1. The van der Waals surface area contributed by atoms with Crippen molar-refractivity contribution in [2.75, 3.05) is 20.1 Å². The maximum absolute atomic E-state index is 12.2. The Morgan fingerprint density at radius 3 is 2.65 bits per heavy atom. The molecular formula is C12H19N3OS. The summed E-state index contributed by atoms with van der Waals surface area (Å²) >= 11 is 1.66. The fraction of sp³-hybridized carbons (Fsp3) is 0.583. The predicted molar refractivity (Wildman–Crippen MR) is 69.8 cm³/mol. The molecule has 0 saturated carbocycles. The number of rotatable bonds is 2. The smallest absolute Gasteiger partial charge is 0.245 e. The molecule has 17 heavy (non-hydrogen) atoms. The molecular weight excluding hydrogens is 234 g/mol. The largest absolute Gasteiger partial charge is 0.306 e. The van der Waals surface area contributed by atoms with Gasteiger partial charge in [0.1, 0.15) is 0 Å². The summed E-state index contributed by atoms with van der Waals surface area (Å²) in [6, 6.07) is 2.07. The quantitative estimate of drug-likeness (QED) is 0.470. The van der Waals surface area contributed by atoms with Crippen LogP contribution in [0, 0.1) is 6.92 Å². The van der Waals surface area contributed by atoms with Crippen LogP contribution < -0.4 is 11.3 Å². The van der Waals surface area contributed by atoms with E-state index in [2.05, 4.69) is 35.7 Å². The van der Waals surface area contributed by atoms with Crippen LogP contribution in [0.15, 0.2) is 11.4 Å². The number of thiophene rings is 1. The van der Waals surface area contributed by atoms with Gasteiger partial charge >= 0.3 is 0 Å². The van der Waals surface area contributed by atoms with E-state index >= 15 is 0 Å². The summed E-state index contributed by atoms with van der Waals surface area (Å²) in [6.07, 6.45) is 1.68. The van der Waals surface area contributed by atoms with Crippen molar-refractivity contribution < 1.29 is 4.79 Å². The number of likely N-dealkylation sites (tertiary alicyclic amines) is 1. The number of amides is 1. The number of hydrogen-bond acceptors (Lipinski definition) is 4. The van der Waals surface area contributed by atoms with E-state index in [1.807, 2.05) is 0 Å². The van der Waals surface area contributed by atoms with Crippen LogP contribution in [0.4, 0.5) is 0 Å². The van der Waals surface area contributed by atoms with Crippen LogP contribution in [0.3, 0.4) is 0 Å². The van der Waals surface area contributed by atoms with Gasteiger partial charge in [0, 0.05) is 4.88 Å². The van der Waals surface area contributed by atoms with Crippen molar-refractivity contribution in [3.8, 4) is 0 Å². The lowest BCUT2D eigenvalue weighted by Crippen LogP contribution is -2.52. The van der Waals surface area contributed by atoms with Gasteiger partial charge in [-0.05, 0) is 56.9 Å². The summed E-state index contributed by atoms with van der Waals surface area (Å²) in [5, 5.41) is 2.05. The van der Waals surface area contributed by atoms with Crippen LogP contribution in [-0.2, 0) is 10.2 Å². The van der Waals surface area contributed by atoms with Crippen LogP contribution in [0.2, 0.25) is 0 Å². The van der Waals surface area contributed by atoms with Gasteiger partial charge in [-0.3, -0.25) is 10.2 Å². The van der Waals surface area contributed by atoms with Crippen molar-refractivity contribution in [1.82, 2.24) is 10.3 Å². The third-order valence-electron chi connectivity index (χ3n) is 3.70. The molecule has 2 rings (SSSR count). The van der Waals surface area contributed by atoms with Gasteiger partial charge in [0.2, 0.25) is 5.91 Å². The Morgan fingerprint density at radius 1 is 1.53 bits per heavy atom. The standard InChI is InChI=1S/C12H19N3OS/c1-9-3-8-17-10(9)12(11(16)14-13)4-6-15(2)7-5-12/h3,8H,4-7,13H2,1-2H3,(H,14,16). The molecule has 0 atom stereocenters. The lowest BCUT2D eigenvalue weighted by Gasteiger charge is -2.38. The Balaban J connectivity index is 2.38. The summed E-state index contributed by atoms with van der Waals surface area (Å²) in [6.45, 7) is 3.94. The molecule has 1 saturated heterocycles. The summed E-state index contributed by atoms with van der Waals surface area (Å²) in [5.74, 6) is 5.33. The van der Waals surface area contributed by atoms with Gasteiger partial charge in [-0.25, -0.2) is 5.84 Å². The molecule has 1 aromatic heterocycles. The van der Waals surface area contributed by atoms with E-state index in [9.17, 15) is 4.79 Å². The number of aryl methyl sites for hydroxylation is 1. The minimum Gasteiger partial charge on any atom is -0.306 e. The molecule has 0 radical (unpaired) electrons. The normalized spacial score (nSPS) is 20.2. The van der Waals surface area contributed by atoms with Crippen LogP contribution in [0.1, 0.15) is 23.3 Å². The van der Waals surface area contributed by atoms with Crippen LogP contribution >= 0.6 is 11.3 Å². The SMILES string of the molecule is Cc1ccsc1C1(C(=O)NN)CCN(C)CC1. The number of carbonyl (C=O) groups excluding carboxylic acids is 1. The van der Waals surface area contributed by atoms with Gasteiger partial charge in [-0.2, -0.15) is 0 Å². The molecule has 4 nitrogen and oxygen atoms in total. The fourth-order valence-electron chi connectivity index (χ4n) is 2.56. The van der Waals surface area contributed by atoms with Gasteiger partial charge in [0.25, 0.3) is 0 Å². The van der Waals surface area contributed by atoms with E-state index in [1.165, 1.54) is 10.4 Å². The molecule has 0 unspecified atom stereocenters. The molecule has 0 aromatic carbocycles. The van der Waals surface area contributed by atoms with E-state index < -0.39 is 5.41 Å². The van der Waals surface area contributed by atoms with Gasteiger partial charge in [0.15, 0.2) is 0 Å². The minimum atomic E-state index is -0.417. The summed E-state index contributed by atoms with van der Waals surface area (Å²) in [5.41, 5.74) is 3.14.